The van der Waals surface area contributed by atoms with E-state index in [2.05, 4.69) is 5.32 Å². The normalized spacial score (nSPS) is 14.2. The summed E-state index contributed by atoms with van der Waals surface area (Å²) in [5.41, 5.74) is 1.31. The molecule has 1 amide bonds. The number of rotatable bonds is 4. The molecule has 17 heavy (non-hydrogen) atoms. The molecule has 0 aromatic carbocycles. The van der Waals surface area contributed by atoms with Crippen LogP contribution in [0.2, 0.25) is 0 Å². The number of hydrogen-bond donors (Lipinski definition) is 1. The van der Waals surface area contributed by atoms with E-state index in [1.165, 1.54) is 23.3 Å². The Hall–Kier alpha value is -0.870. The van der Waals surface area contributed by atoms with Gasteiger partial charge in [0.05, 0.1) is 11.4 Å². The van der Waals surface area contributed by atoms with Crippen molar-refractivity contribution < 1.29 is 9.59 Å². The Bertz CT molecular complexity index is 418. The number of thiophene rings is 1. The second kappa shape index (κ2) is 5.65. The molecule has 0 bridgehead atoms. The highest BCUT2D eigenvalue weighted by atomic mass is 35.5. The van der Waals surface area contributed by atoms with E-state index in [0.717, 1.165) is 17.7 Å². The van der Waals surface area contributed by atoms with Gasteiger partial charge in [0.15, 0.2) is 5.78 Å². The first kappa shape index (κ1) is 12.6. The van der Waals surface area contributed by atoms with E-state index in [1.54, 1.807) is 11.3 Å². The lowest BCUT2D eigenvalue weighted by Gasteiger charge is -2.08. The van der Waals surface area contributed by atoms with Crippen LogP contribution >= 0.6 is 22.9 Å². The van der Waals surface area contributed by atoms with Crippen molar-refractivity contribution >= 4 is 34.6 Å². The summed E-state index contributed by atoms with van der Waals surface area (Å²) >= 11 is 6.91. The smallest absolute Gasteiger partial charge is 0.235 e. The average molecular weight is 272 g/mol. The SMILES string of the molecule is O=C(CCl)NCC(=O)c1cc2c(s1)CCCC2. The zero-order valence-corrected chi connectivity index (χ0v) is 11.0. The number of Topliss-reactive ketones (excluding diaryl/α,β-unsaturated/α-hetero) is 1. The maximum absolute atomic E-state index is 11.8. The van der Waals surface area contributed by atoms with Crippen LogP contribution in [0.3, 0.4) is 0 Å². The van der Waals surface area contributed by atoms with E-state index in [1.807, 2.05) is 6.07 Å². The first-order chi connectivity index (χ1) is 8.20. The number of aryl methyl sites for hydroxylation is 2. The number of carbonyl (C=O) groups excluding carboxylic acids is 2. The summed E-state index contributed by atoms with van der Waals surface area (Å²) in [6.45, 7) is 0.0466. The van der Waals surface area contributed by atoms with Crippen LogP contribution in [0.4, 0.5) is 0 Å². The number of fused-ring (bicyclic) bond motifs is 1. The Morgan fingerprint density at radius 2 is 2.12 bits per heavy atom. The summed E-state index contributed by atoms with van der Waals surface area (Å²) in [4.78, 5) is 24.9. The highest BCUT2D eigenvalue weighted by Gasteiger charge is 2.17. The average Bonchev–Trinajstić information content (AvgIpc) is 2.79. The molecule has 1 N–H and O–H groups in total. The minimum atomic E-state index is -0.304. The minimum absolute atomic E-state index is 0.0251. The summed E-state index contributed by atoms with van der Waals surface area (Å²) in [6, 6.07) is 1.98. The number of amides is 1. The monoisotopic (exact) mass is 271 g/mol. The van der Waals surface area contributed by atoms with Crippen molar-refractivity contribution in [1.29, 1.82) is 0 Å². The van der Waals surface area contributed by atoms with Crippen molar-refractivity contribution in [3.05, 3.63) is 21.4 Å². The Morgan fingerprint density at radius 3 is 2.82 bits per heavy atom. The fourth-order valence-corrected chi connectivity index (χ4v) is 3.23. The maximum atomic E-state index is 11.8. The molecule has 0 radical (unpaired) electrons. The lowest BCUT2D eigenvalue weighted by molar-refractivity contribution is -0.118. The molecule has 0 fully saturated rings. The van der Waals surface area contributed by atoms with Crippen molar-refractivity contribution in [2.45, 2.75) is 25.7 Å². The summed E-state index contributed by atoms with van der Waals surface area (Å²) in [5, 5.41) is 2.50. The predicted octanol–water partition coefficient (Wildman–Crippen LogP) is 2.16. The molecule has 1 aliphatic carbocycles. The zero-order valence-electron chi connectivity index (χ0n) is 9.42. The quantitative estimate of drug-likeness (QED) is 0.674. The van der Waals surface area contributed by atoms with E-state index < -0.39 is 0 Å². The molecular weight excluding hydrogens is 258 g/mol. The molecule has 0 spiro atoms. The lowest BCUT2D eigenvalue weighted by Crippen LogP contribution is -2.29. The van der Waals surface area contributed by atoms with Crippen LogP contribution < -0.4 is 5.32 Å². The lowest BCUT2D eigenvalue weighted by atomic mass is 9.99. The van der Waals surface area contributed by atoms with Gasteiger partial charge in [-0.2, -0.15) is 0 Å². The van der Waals surface area contributed by atoms with Crippen molar-refractivity contribution in [2.75, 3.05) is 12.4 Å². The summed E-state index contributed by atoms with van der Waals surface area (Å²) in [7, 11) is 0. The number of hydrogen-bond acceptors (Lipinski definition) is 3. The topological polar surface area (TPSA) is 46.2 Å². The Kier molecular flexibility index (Phi) is 4.18. The van der Waals surface area contributed by atoms with Gasteiger partial charge in [-0.3, -0.25) is 9.59 Å². The van der Waals surface area contributed by atoms with Gasteiger partial charge in [0.1, 0.15) is 5.88 Å². The molecule has 1 aromatic heterocycles. The highest BCUT2D eigenvalue weighted by Crippen LogP contribution is 2.29. The van der Waals surface area contributed by atoms with Crippen molar-refractivity contribution in [1.82, 2.24) is 5.32 Å². The molecule has 0 saturated heterocycles. The first-order valence-electron chi connectivity index (χ1n) is 5.68. The van der Waals surface area contributed by atoms with Crippen LogP contribution in [0.1, 0.15) is 33.0 Å². The van der Waals surface area contributed by atoms with Gasteiger partial charge in [-0.1, -0.05) is 0 Å². The summed E-state index contributed by atoms with van der Waals surface area (Å²) in [6.07, 6.45) is 4.58. The Balaban J connectivity index is 1.99. The Morgan fingerprint density at radius 1 is 1.35 bits per heavy atom. The largest absolute Gasteiger partial charge is 0.348 e. The van der Waals surface area contributed by atoms with Crippen LogP contribution in [0, 0.1) is 0 Å². The zero-order chi connectivity index (χ0) is 12.3. The van der Waals surface area contributed by atoms with Crippen molar-refractivity contribution in [3.8, 4) is 0 Å². The van der Waals surface area contributed by atoms with Crippen LogP contribution in [-0.2, 0) is 17.6 Å². The van der Waals surface area contributed by atoms with Crippen LogP contribution in [0.25, 0.3) is 0 Å². The third-order valence-corrected chi connectivity index (χ3v) is 4.36. The van der Waals surface area contributed by atoms with Gasteiger partial charge in [0.2, 0.25) is 5.91 Å². The van der Waals surface area contributed by atoms with Crippen LogP contribution in [0.5, 0.6) is 0 Å². The van der Waals surface area contributed by atoms with Gasteiger partial charge >= 0.3 is 0 Å². The fourth-order valence-electron chi connectivity index (χ4n) is 1.94. The van der Waals surface area contributed by atoms with Gasteiger partial charge < -0.3 is 5.32 Å². The predicted molar refractivity (Wildman–Crippen MR) is 69.0 cm³/mol. The molecule has 2 rings (SSSR count). The molecule has 5 heteroatoms. The maximum Gasteiger partial charge on any atom is 0.235 e. The van der Waals surface area contributed by atoms with Gasteiger partial charge in [-0.05, 0) is 37.3 Å². The van der Waals surface area contributed by atoms with Gasteiger partial charge in [0.25, 0.3) is 0 Å². The molecule has 1 heterocycles. The van der Waals surface area contributed by atoms with Crippen molar-refractivity contribution in [3.63, 3.8) is 0 Å². The highest BCUT2D eigenvalue weighted by molar-refractivity contribution is 7.14. The number of nitrogens with one attached hydrogen (secondary N) is 1. The van der Waals surface area contributed by atoms with Gasteiger partial charge in [-0.15, -0.1) is 22.9 Å². The molecule has 0 unspecified atom stereocenters. The third kappa shape index (κ3) is 3.07. The molecular formula is C12H14ClNO2S. The van der Waals surface area contributed by atoms with E-state index in [0.29, 0.717) is 0 Å². The van der Waals surface area contributed by atoms with Crippen LogP contribution in [0.15, 0.2) is 6.07 Å². The number of halogens is 1. The Labute approximate surface area is 109 Å². The third-order valence-electron chi connectivity index (χ3n) is 2.84. The standard InChI is InChI=1S/C12H14ClNO2S/c13-6-12(16)14-7-9(15)11-5-8-3-1-2-4-10(8)17-11/h5H,1-4,6-7H2,(H,14,16). The molecule has 3 nitrogen and oxygen atoms in total. The van der Waals surface area contributed by atoms with Gasteiger partial charge in [-0.25, -0.2) is 0 Å². The second-order valence-electron chi connectivity index (χ2n) is 4.10. The molecule has 0 atom stereocenters. The molecule has 0 saturated carbocycles. The van der Waals surface area contributed by atoms with E-state index in [-0.39, 0.29) is 24.1 Å². The van der Waals surface area contributed by atoms with E-state index in [9.17, 15) is 9.59 Å². The van der Waals surface area contributed by atoms with Crippen LogP contribution in [-0.4, -0.2) is 24.1 Å². The summed E-state index contributed by atoms with van der Waals surface area (Å²) in [5.74, 6) is -0.432. The second-order valence-corrected chi connectivity index (χ2v) is 5.50. The van der Waals surface area contributed by atoms with Crippen molar-refractivity contribution in [2.24, 2.45) is 0 Å². The number of carbonyl (C=O) groups is 2. The van der Waals surface area contributed by atoms with Gasteiger partial charge in [0, 0.05) is 4.88 Å². The molecule has 92 valence electrons. The summed E-state index contributed by atoms with van der Waals surface area (Å²) < 4.78 is 0. The number of ketones is 1. The molecule has 1 aliphatic rings. The minimum Gasteiger partial charge on any atom is -0.348 e. The fraction of sp³-hybridized carbons (Fsp3) is 0.500. The van der Waals surface area contributed by atoms with E-state index >= 15 is 0 Å². The molecule has 0 aliphatic heterocycles. The first-order valence-corrected chi connectivity index (χ1v) is 7.03. The number of alkyl halides is 1. The van der Waals surface area contributed by atoms with E-state index in [4.69, 9.17) is 11.6 Å². The molecule has 1 aromatic rings.